The van der Waals surface area contributed by atoms with E-state index in [0.29, 0.717) is 5.56 Å². The van der Waals surface area contributed by atoms with Crippen molar-refractivity contribution in [3.05, 3.63) is 49.0 Å². The minimum absolute atomic E-state index is 0. The van der Waals surface area contributed by atoms with Gasteiger partial charge in [-0.25, -0.2) is 9.97 Å². The first-order valence-electron chi connectivity index (χ1n) is 10.7. The van der Waals surface area contributed by atoms with Gasteiger partial charge in [-0.2, -0.15) is 17.9 Å². The minimum Gasteiger partial charge on any atom is -0.507 e. The number of benzene rings is 1. The summed E-state index contributed by atoms with van der Waals surface area (Å²) in [5.74, 6) is 1.20. The van der Waals surface area contributed by atoms with Crippen molar-refractivity contribution in [1.29, 1.82) is 0 Å². The summed E-state index contributed by atoms with van der Waals surface area (Å²) in [6.07, 6.45) is 10.9. The molecule has 4 heterocycles. The number of aryl methyl sites for hydroxylation is 1. The van der Waals surface area contributed by atoms with Crippen molar-refractivity contribution < 1.29 is 34.7 Å². The van der Waals surface area contributed by atoms with Gasteiger partial charge in [-0.15, -0.1) is 6.42 Å². The van der Waals surface area contributed by atoms with Crippen molar-refractivity contribution in [2.45, 2.75) is 32.1 Å². The second-order valence-corrected chi connectivity index (χ2v) is 8.05. The van der Waals surface area contributed by atoms with E-state index in [2.05, 4.69) is 16.4 Å². The van der Waals surface area contributed by atoms with Gasteiger partial charge in [0.2, 0.25) is 0 Å². The fourth-order valence-electron chi connectivity index (χ4n) is 3.86. The van der Waals surface area contributed by atoms with Crippen molar-refractivity contribution >= 4 is 27.8 Å². The van der Waals surface area contributed by atoms with Crippen molar-refractivity contribution in [1.82, 2.24) is 19.7 Å². The number of pyridine rings is 2. The quantitative estimate of drug-likeness (QED) is 0.394. The fourth-order valence-corrected chi connectivity index (χ4v) is 3.86. The van der Waals surface area contributed by atoms with Gasteiger partial charge in [0.05, 0.1) is 22.2 Å². The smallest absolute Gasteiger partial charge is 0.507 e. The van der Waals surface area contributed by atoms with Crippen LogP contribution in [0.4, 0.5) is 5.82 Å². The number of phenols is 1. The van der Waals surface area contributed by atoms with E-state index >= 15 is 0 Å². The Hall–Kier alpha value is -2.15. The monoisotopic (exact) mass is 423 g/mol. The summed E-state index contributed by atoms with van der Waals surface area (Å²) < 4.78 is 1.74. The Balaban J connectivity index is 0.000000418. The normalized spacial score (nSPS) is 15.3. The Morgan fingerprint density at radius 2 is 1.58 bits per heavy atom. The summed E-state index contributed by atoms with van der Waals surface area (Å²) in [4.78, 5) is 11.8. The molecular weight excluding hydrogens is 397 g/mol. The average molecular weight is 423 g/mol. The molecule has 7 heteroatoms. The molecule has 1 aliphatic heterocycles. The maximum Gasteiger partial charge on any atom is 1.00 e. The molecule has 3 aromatic heterocycles. The maximum absolute atomic E-state index is 10.4. The van der Waals surface area contributed by atoms with Crippen LogP contribution in [-0.2, 0) is 7.05 Å². The van der Waals surface area contributed by atoms with Gasteiger partial charge >= 0.3 is 29.6 Å². The van der Waals surface area contributed by atoms with Gasteiger partial charge in [0, 0.05) is 43.4 Å². The number of rotatable bonds is 2. The third kappa shape index (κ3) is 4.71. The molecule has 2 fully saturated rings. The summed E-state index contributed by atoms with van der Waals surface area (Å²) in [5, 5.41) is 15.7. The second-order valence-electron chi connectivity index (χ2n) is 8.05. The molecule has 0 amide bonds. The molecule has 1 aliphatic carbocycles. The maximum atomic E-state index is 10.4. The minimum atomic E-state index is 0. The van der Waals surface area contributed by atoms with Crippen molar-refractivity contribution in [2.24, 2.45) is 7.05 Å². The van der Waals surface area contributed by atoms with E-state index in [1.807, 2.05) is 43.6 Å². The zero-order chi connectivity index (χ0) is 20.5. The van der Waals surface area contributed by atoms with E-state index in [-0.39, 0.29) is 35.3 Å². The Bertz CT molecular complexity index is 1190. The van der Waals surface area contributed by atoms with E-state index in [1.54, 1.807) is 10.7 Å². The molecule has 154 valence electrons. The molecule has 2 aliphatic rings. The molecule has 0 spiro atoms. The predicted octanol–water partition coefficient (Wildman–Crippen LogP) is 1.87. The number of nitrogens with zero attached hydrogens (tertiary/aromatic N) is 5. The van der Waals surface area contributed by atoms with E-state index in [0.717, 1.165) is 46.5 Å². The molecule has 1 N–H and O–H groups in total. The van der Waals surface area contributed by atoms with Gasteiger partial charge < -0.3 is 16.4 Å². The number of fused-ring (bicyclic) bond motifs is 2. The van der Waals surface area contributed by atoms with Crippen LogP contribution in [0.3, 0.4) is 0 Å². The number of hydrogen-bond donors (Lipinski definition) is 1. The van der Waals surface area contributed by atoms with Gasteiger partial charge in [-0.3, -0.25) is 4.68 Å². The predicted molar refractivity (Wildman–Crippen MR) is 121 cm³/mol. The number of phenolic OH excluding ortho intramolecular Hbond substituents is 1. The molecule has 0 unspecified atom stereocenters. The van der Waals surface area contributed by atoms with Gasteiger partial charge in [0.25, 0.3) is 0 Å². The van der Waals surface area contributed by atoms with Gasteiger partial charge in [0.15, 0.2) is 0 Å². The van der Waals surface area contributed by atoms with Crippen molar-refractivity contribution in [3.8, 4) is 17.0 Å². The molecule has 0 bridgehead atoms. The van der Waals surface area contributed by atoms with Crippen LogP contribution in [0.2, 0.25) is 0 Å². The largest absolute Gasteiger partial charge is 1.00 e. The van der Waals surface area contributed by atoms with E-state index < -0.39 is 0 Å². The molecule has 0 radical (unpaired) electrons. The summed E-state index contributed by atoms with van der Waals surface area (Å²) in [6.45, 7) is 2.14. The zero-order valence-corrected chi connectivity index (χ0v) is 20.3. The summed E-state index contributed by atoms with van der Waals surface area (Å²) in [7, 11) is 1.87. The van der Waals surface area contributed by atoms with Crippen LogP contribution in [0.25, 0.3) is 33.2 Å². The van der Waals surface area contributed by atoms with E-state index in [9.17, 15) is 5.11 Å². The second kappa shape index (κ2) is 9.55. The van der Waals surface area contributed by atoms with Gasteiger partial charge in [0.1, 0.15) is 11.6 Å². The third-order valence-corrected chi connectivity index (χ3v) is 5.79. The Kier molecular flexibility index (Phi) is 6.80. The fraction of sp³-hybridized carbons (Fsp3) is 0.333. The molecule has 1 saturated heterocycles. The number of anilines is 1. The van der Waals surface area contributed by atoms with Crippen LogP contribution in [-0.4, -0.2) is 37.9 Å². The van der Waals surface area contributed by atoms with Crippen LogP contribution in [0.1, 0.15) is 32.1 Å². The SMILES string of the molecule is Cn1cc2cc(-c3ccc4nc(N5CCCC5)ccc4n3)c(O)cc2n1.[CH-]1CCC1.[Na+]. The molecule has 6 nitrogen and oxygen atoms in total. The summed E-state index contributed by atoms with van der Waals surface area (Å²) >= 11 is 0. The number of aromatic hydroxyl groups is 1. The van der Waals surface area contributed by atoms with Crippen LogP contribution >= 0.6 is 0 Å². The van der Waals surface area contributed by atoms with Gasteiger partial charge in [-0.1, -0.05) is 0 Å². The Morgan fingerprint density at radius 1 is 0.903 bits per heavy atom. The topological polar surface area (TPSA) is 67.1 Å². The van der Waals surface area contributed by atoms with Crippen LogP contribution in [0.5, 0.6) is 5.75 Å². The molecular formula is C24H26N5NaO. The van der Waals surface area contributed by atoms with E-state index in [4.69, 9.17) is 9.97 Å². The summed E-state index contributed by atoms with van der Waals surface area (Å²) in [5.41, 5.74) is 3.91. The molecule has 1 saturated carbocycles. The molecule has 4 aromatic rings. The summed E-state index contributed by atoms with van der Waals surface area (Å²) in [6, 6.07) is 11.6. The first kappa shape index (κ1) is 22.1. The standard InChI is InChI=1S/C20H19N5O.C4H7.Na/c1-24-12-13-10-14(19(26)11-18(13)23-24)15-4-5-17-16(21-15)6-7-20(22-17)25-8-2-3-9-25;1-2-4-3-1;/h4-7,10-12,26H,2-3,8-9H2,1H3;1H,2-4H2;/q;-1;+1. The first-order chi connectivity index (χ1) is 14.7. The van der Waals surface area contributed by atoms with Gasteiger partial charge in [-0.05, 0) is 43.2 Å². The van der Waals surface area contributed by atoms with Crippen molar-refractivity contribution in [2.75, 3.05) is 18.0 Å². The Labute approximate surface area is 204 Å². The molecule has 31 heavy (non-hydrogen) atoms. The third-order valence-electron chi connectivity index (χ3n) is 5.79. The molecule has 6 rings (SSSR count). The zero-order valence-electron chi connectivity index (χ0n) is 18.3. The van der Waals surface area contributed by atoms with E-state index in [1.165, 1.54) is 32.1 Å². The Morgan fingerprint density at radius 3 is 2.29 bits per heavy atom. The van der Waals surface area contributed by atoms with Crippen LogP contribution < -0.4 is 34.5 Å². The number of aromatic nitrogens is 4. The first-order valence-corrected chi connectivity index (χ1v) is 10.7. The molecule has 1 aromatic carbocycles. The average Bonchev–Trinajstić information content (AvgIpc) is 3.34. The van der Waals surface area contributed by atoms with Crippen LogP contribution in [0.15, 0.2) is 42.6 Å². The van der Waals surface area contributed by atoms with Crippen LogP contribution in [0, 0.1) is 6.42 Å². The van der Waals surface area contributed by atoms with Crippen molar-refractivity contribution in [3.63, 3.8) is 0 Å². The number of hydrogen-bond acceptors (Lipinski definition) is 5. The molecule has 0 atom stereocenters.